The van der Waals surface area contributed by atoms with Crippen LogP contribution in [0.25, 0.3) is 0 Å². The number of nitrogens with zero attached hydrogens (tertiary/aromatic N) is 2. The predicted molar refractivity (Wildman–Crippen MR) is 157 cm³/mol. The van der Waals surface area contributed by atoms with E-state index in [1.54, 1.807) is 4.90 Å². The molecule has 7 nitrogen and oxygen atoms in total. The van der Waals surface area contributed by atoms with E-state index >= 15 is 0 Å². The Bertz CT molecular complexity index is 1340. The summed E-state index contributed by atoms with van der Waals surface area (Å²) < 4.78 is 39.6. The summed E-state index contributed by atoms with van der Waals surface area (Å²) in [5.41, 5.74) is 2.14. The van der Waals surface area contributed by atoms with Gasteiger partial charge in [-0.2, -0.15) is 0 Å². The van der Waals surface area contributed by atoms with Crippen molar-refractivity contribution in [3.63, 3.8) is 0 Å². The van der Waals surface area contributed by atoms with Gasteiger partial charge in [-0.1, -0.05) is 67.6 Å². The Balaban J connectivity index is 1.86. The molecular formula is C31H38FN3O4S. The molecule has 0 aromatic heterocycles. The van der Waals surface area contributed by atoms with Crippen LogP contribution >= 0.6 is 0 Å². The number of rotatable bonds is 14. The zero-order chi connectivity index (χ0) is 29.1. The smallest absolute Gasteiger partial charge is 0.243 e. The van der Waals surface area contributed by atoms with Gasteiger partial charge < -0.3 is 10.2 Å². The van der Waals surface area contributed by atoms with Crippen LogP contribution in [0.1, 0.15) is 44.2 Å². The first kappa shape index (κ1) is 30.8. The van der Waals surface area contributed by atoms with Crippen molar-refractivity contribution in [3.05, 3.63) is 102 Å². The standard InChI is InChI=1S/C31H38FN3O4S/c1-4-24(2)33-31(37)29(22-25-12-7-5-8-13-25)34(23-26-14-9-6-10-15-26)30(36)16-11-21-35(40(3,38)39)28-19-17-27(32)18-20-28/h5-10,12-15,17-20,24,29H,4,11,16,21-23H2,1-3H3,(H,33,37)/t24-,29-/m0/s1. The molecule has 2 atom stereocenters. The minimum atomic E-state index is -3.66. The Morgan fingerprint density at radius 3 is 2.02 bits per heavy atom. The van der Waals surface area contributed by atoms with Gasteiger partial charge in [0.25, 0.3) is 0 Å². The highest BCUT2D eigenvalue weighted by atomic mass is 32.2. The van der Waals surface area contributed by atoms with E-state index in [9.17, 15) is 22.4 Å². The lowest BCUT2D eigenvalue weighted by molar-refractivity contribution is -0.141. The van der Waals surface area contributed by atoms with Crippen LogP contribution in [0.5, 0.6) is 0 Å². The van der Waals surface area contributed by atoms with Crippen molar-refractivity contribution < 1.29 is 22.4 Å². The molecule has 3 aromatic rings. The molecule has 40 heavy (non-hydrogen) atoms. The van der Waals surface area contributed by atoms with E-state index in [0.717, 1.165) is 23.8 Å². The fraction of sp³-hybridized carbons (Fsp3) is 0.355. The van der Waals surface area contributed by atoms with Gasteiger partial charge in [-0.3, -0.25) is 13.9 Å². The number of anilines is 1. The van der Waals surface area contributed by atoms with Crippen LogP contribution in [-0.2, 0) is 32.6 Å². The van der Waals surface area contributed by atoms with Crippen LogP contribution in [0.2, 0.25) is 0 Å². The molecular weight excluding hydrogens is 529 g/mol. The molecule has 1 N–H and O–H groups in total. The van der Waals surface area contributed by atoms with Crippen molar-refractivity contribution in [2.75, 3.05) is 17.1 Å². The average molecular weight is 568 g/mol. The first-order valence-electron chi connectivity index (χ1n) is 13.5. The number of amides is 2. The molecule has 0 heterocycles. The Labute approximate surface area is 237 Å². The molecule has 0 saturated heterocycles. The number of nitrogens with one attached hydrogen (secondary N) is 1. The molecule has 3 aromatic carbocycles. The van der Waals surface area contributed by atoms with Gasteiger partial charge in [-0.25, -0.2) is 12.8 Å². The van der Waals surface area contributed by atoms with Crippen molar-refractivity contribution in [2.45, 2.75) is 58.2 Å². The van der Waals surface area contributed by atoms with Crippen molar-refractivity contribution >= 4 is 27.5 Å². The molecule has 9 heteroatoms. The molecule has 214 valence electrons. The van der Waals surface area contributed by atoms with Gasteiger partial charge in [0.2, 0.25) is 21.8 Å². The summed E-state index contributed by atoms with van der Waals surface area (Å²) in [6.45, 7) is 4.19. The summed E-state index contributed by atoms with van der Waals surface area (Å²) in [7, 11) is -3.66. The zero-order valence-corrected chi connectivity index (χ0v) is 24.1. The summed E-state index contributed by atoms with van der Waals surface area (Å²) in [6.07, 6.45) is 2.42. The molecule has 2 amide bonds. The predicted octanol–water partition coefficient (Wildman–Crippen LogP) is 4.93. The topological polar surface area (TPSA) is 86.8 Å². The van der Waals surface area contributed by atoms with Crippen LogP contribution in [0, 0.1) is 5.82 Å². The summed E-state index contributed by atoms with van der Waals surface area (Å²) in [6, 6.07) is 23.4. The molecule has 0 bridgehead atoms. The number of hydrogen-bond donors (Lipinski definition) is 1. The summed E-state index contributed by atoms with van der Waals surface area (Å²) in [5, 5.41) is 3.04. The molecule has 0 aliphatic carbocycles. The third-order valence-corrected chi connectivity index (χ3v) is 7.93. The van der Waals surface area contributed by atoms with E-state index in [0.29, 0.717) is 12.1 Å². The molecule has 0 unspecified atom stereocenters. The van der Waals surface area contributed by atoms with Gasteiger partial charge in [0, 0.05) is 32.0 Å². The maximum atomic E-state index is 13.8. The molecule has 0 spiro atoms. The van der Waals surface area contributed by atoms with E-state index in [1.807, 2.05) is 74.5 Å². The summed E-state index contributed by atoms with van der Waals surface area (Å²) in [4.78, 5) is 28.9. The number of halogens is 1. The number of benzene rings is 3. The highest BCUT2D eigenvalue weighted by Crippen LogP contribution is 2.20. The first-order chi connectivity index (χ1) is 19.1. The molecule has 0 saturated carbocycles. The second-order valence-electron chi connectivity index (χ2n) is 9.95. The molecule has 0 radical (unpaired) electrons. The average Bonchev–Trinajstić information content (AvgIpc) is 2.94. The fourth-order valence-corrected chi connectivity index (χ4v) is 5.35. The Morgan fingerprint density at radius 1 is 0.900 bits per heavy atom. The fourth-order valence-electron chi connectivity index (χ4n) is 4.39. The lowest BCUT2D eigenvalue weighted by Gasteiger charge is -2.32. The monoisotopic (exact) mass is 567 g/mol. The largest absolute Gasteiger partial charge is 0.352 e. The highest BCUT2D eigenvalue weighted by Gasteiger charge is 2.31. The van der Waals surface area contributed by atoms with E-state index in [4.69, 9.17) is 0 Å². The Morgan fingerprint density at radius 2 is 1.48 bits per heavy atom. The molecule has 0 aliphatic heterocycles. The normalized spacial score (nSPS) is 12.8. The number of carbonyl (C=O) groups is 2. The molecule has 0 aliphatic rings. The lowest BCUT2D eigenvalue weighted by Crippen LogP contribution is -2.52. The Kier molecular flexibility index (Phi) is 11.3. The van der Waals surface area contributed by atoms with Crippen molar-refractivity contribution in [2.24, 2.45) is 0 Å². The van der Waals surface area contributed by atoms with Crippen molar-refractivity contribution in [1.82, 2.24) is 10.2 Å². The van der Waals surface area contributed by atoms with Crippen LogP contribution in [-0.4, -0.2) is 50.0 Å². The Hall–Kier alpha value is -3.72. The lowest BCUT2D eigenvalue weighted by atomic mass is 10.0. The molecule has 0 fully saturated rings. The van der Waals surface area contributed by atoms with E-state index in [-0.39, 0.29) is 43.8 Å². The van der Waals surface area contributed by atoms with Gasteiger partial charge in [0.1, 0.15) is 11.9 Å². The van der Waals surface area contributed by atoms with Gasteiger partial charge in [-0.15, -0.1) is 0 Å². The minimum absolute atomic E-state index is 0.0297. The van der Waals surface area contributed by atoms with Crippen LogP contribution in [0.4, 0.5) is 10.1 Å². The SMILES string of the molecule is CC[C@H](C)NC(=O)[C@H](Cc1ccccc1)N(Cc1ccccc1)C(=O)CCCN(c1ccc(F)cc1)S(C)(=O)=O. The first-order valence-corrected chi connectivity index (χ1v) is 15.3. The third kappa shape index (κ3) is 9.19. The van der Waals surface area contributed by atoms with Gasteiger partial charge >= 0.3 is 0 Å². The van der Waals surface area contributed by atoms with Crippen molar-refractivity contribution in [1.29, 1.82) is 0 Å². The summed E-state index contributed by atoms with van der Waals surface area (Å²) in [5.74, 6) is -0.952. The second-order valence-corrected chi connectivity index (χ2v) is 11.9. The molecule has 3 rings (SSSR count). The quantitative estimate of drug-likeness (QED) is 0.299. The van der Waals surface area contributed by atoms with Crippen LogP contribution in [0.3, 0.4) is 0 Å². The van der Waals surface area contributed by atoms with Gasteiger partial charge in [0.05, 0.1) is 11.9 Å². The van der Waals surface area contributed by atoms with E-state index < -0.39 is 21.9 Å². The second kappa shape index (κ2) is 14.6. The zero-order valence-electron chi connectivity index (χ0n) is 23.3. The van der Waals surface area contributed by atoms with Gasteiger partial charge in [0.15, 0.2) is 0 Å². The minimum Gasteiger partial charge on any atom is -0.352 e. The highest BCUT2D eigenvalue weighted by molar-refractivity contribution is 7.92. The maximum Gasteiger partial charge on any atom is 0.243 e. The van der Waals surface area contributed by atoms with Gasteiger partial charge in [-0.05, 0) is 55.2 Å². The van der Waals surface area contributed by atoms with Crippen LogP contribution < -0.4 is 9.62 Å². The van der Waals surface area contributed by atoms with Crippen molar-refractivity contribution in [3.8, 4) is 0 Å². The number of sulfonamides is 1. The summed E-state index contributed by atoms with van der Waals surface area (Å²) >= 11 is 0. The number of hydrogen-bond acceptors (Lipinski definition) is 4. The third-order valence-electron chi connectivity index (χ3n) is 6.73. The number of carbonyl (C=O) groups excluding carboxylic acids is 2. The van der Waals surface area contributed by atoms with E-state index in [1.165, 1.54) is 28.6 Å². The van der Waals surface area contributed by atoms with Crippen LogP contribution in [0.15, 0.2) is 84.9 Å². The van der Waals surface area contributed by atoms with E-state index in [2.05, 4.69) is 5.32 Å². The maximum absolute atomic E-state index is 13.8.